The van der Waals surface area contributed by atoms with E-state index in [0.29, 0.717) is 0 Å². The van der Waals surface area contributed by atoms with Crippen LogP contribution in [0.1, 0.15) is 6.42 Å². The van der Waals surface area contributed by atoms with Crippen molar-refractivity contribution in [2.24, 2.45) is 0 Å². The minimum absolute atomic E-state index is 1.15. The van der Waals surface area contributed by atoms with Crippen LogP contribution in [0.5, 0.6) is 0 Å². The third-order valence-electron chi connectivity index (χ3n) is 2.69. The minimum atomic E-state index is 1.15. The molecule has 1 aliphatic rings. The fourth-order valence-electron chi connectivity index (χ4n) is 1.90. The topological polar surface area (TPSA) is 6.48 Å². The maximum Gasteiger partial charge on any atom is 0.0601 e. The molecule has 0 spiro atoms. The highest BCUT2D eigenvalue weighted by atomic mass is 15.2. The Morgan fingerprint density at radius 3 is 1.85 bits per heavy atom. The van der Waals surface area contributed by atoms with Crippen LogP contribution >= 0.6 is 0 Å². The van der Waals surface area contributed by atoms with E-state index in [2.05, 4.69) is 48.2 Å². The first-order valence-corrected chi connectivity index (χ1v) is 4.80. The summed E-state index contributed by atoms with van der Waals surface area (Å²) < 4.78 is 0. The van der Waals surface area contributed by atoms with Crippen LogP contribution in [0.15, 0.2) is 24.3 Å². The fourth-order valence-corrected chi connectivity index (χ4v) is 1.90. The number of hydrogen-bond acceptors (Lipinski definition) is 2. The van der Waals surface area contributed by atoms with Gasteiger partial charge < -0.3 is 9.80 Å². The smallest absolute Gasteiger partial charge is 0.0601 e. The van der Waals surface area contributed by atoms with E-state index in [1.807, 2.05) is 0 Å². The Morgan fingerprint density at radius 2 is 1.38 bits per heavy atom. The third kappa shape index (κ3) is 1.48. The van der Waals surface area contributed by atoms with Crippen molar-refractivity contribution in [3.63, 3.8) is 0 Å². The molecule has 13 heavy (non-hydrogen) atoms. The van der Waals surface area contributed by atoms with Crippen molar-refractivity contribution in [2.45, 2.75) is 6.42 Å². The molecule has 70 valence electrons. The van der Waals surface area contributed by atoms with Gasteiger partial charge in [-0.05, 0) is 18.6 Å². The van der Waals surface area contributed by atoms with Crippen molar-refractivity contribution in [1.82, 2.24) is 0 Å². The molecule has 0 bridgehead atoms. The van der Waals surface area contributed by atoms with Crippen LogP contribution < -0.4 is 9.80 Å². The average Bonchev–Trinajstić information content (AvgIpc) is 2.29. The van der Waals surface area contributed by atoms with Crippen molar-refractivity contribution >= 4 is 11.4 Å². The predicted molar refractivity (Wildman–Crippen MR) is 57.6 cm³/mol. The summed E-state index contributed by atoms with van der Waals surface area (Å²) in [4.78, 5) is 4.66. The molecule has 0 radical (unpaired) electrons. The van der Waals surface area contributed by atoms with Gasteiger partial charge in [0.05, 0.1) is 11.4 Å². The van der Waals surface area contributed by atoms with E-state index in [1.54, 1.807) is 0 Å². The Balaban J connectivity index is 2.45. The van der Waals surface area contributed by atoms with Crippen molar-refractivity contribution in [1.29, 1.82) is 0 Å². The Labute approximate surface area is 79.8 Å². The summed E-state index contributed by atoms with van der Waals surface area (Å²) in [5.74, 6) is 0. The molecule has 0 saturated carbocycles. The van der Waals surface area contributed by atoms with E-state index in [4.69, 9.17) is 0 Å². The molecule has 1 heterocycles. The molecule has 1 aromatic rings. The largest absolute Gasteiger partial charge is 0.373 e. The number of benzene rings is 1. The summed E-state index contributed by atoms with van der Waals surface area (Å²) >= 11 is 0. The number of anilines is 2. The third-order valence-corrected chi connectivity index (χ3v) is 2.69. The second kappa shape index (κ2) is 3.29. The second-order valence-electron chi connectivity index (χ2n) is 3.69. The van der Waals surface area contributed by atoms with Crippen LogP contribution in [-0.4, -0.2) is 27.2 Å². The highest BCUT2D eigenvalue weighted by molar-refractivity contribution is 5.71. The normalized spacial score (nSPS) is 16.8. The first kappa shape index (κ1) is 8.42. The number of para-hydroxylation sites is 2. The highest BCUT2D eigenvalue weighted by Crippen LogP contribution is 2.29. The van der Waals surface area contributed by atoms with E-state index < -0.39 is 0 Å². The lowest BCUT2D eigenvalue weighted by molar-refractivity contribution is 0.791. The van der Waals surface area contributed by atoms with Crippen molar-refractivity contribution < 1.29 is 0 Å². The molecule has 0 fully saturated rings. The molecule has 1 aliphatic heterocycles. The quantitative estimate of drug-likeness (QED) is 0.596. The highest BCUT2D eigenvalue weighted by Gasteiger charge is 2.13. The minimum Gasteiger partial charge on any atom is -0.373 e. The lowest BCUT2D eigenvalue weighted by atomic mass is 10.2. The van der Waals surface area contributed by atoms with Crippen molar-refractivity contribution in [3.05, 3.63) is 24.3 Å². The van der Waals surface area contributed by atoms with Gasteiger partial charge in [0, 0.05) is 27.2 Å². The summed E-state index contributed by atoms with van der Waals surface area (Å²) in [5, 5.41) is 0. The van der Waals surface area contributed by atoms with Crippen LogP contribution in [0, 0.1) is 0 Å². The molecule has 0 atom stereocenters. The SMILES string of the molecule is CN1CCCN(C)c2ccccc21. The molecule has 0 saturated heterocycles. The molecule has 2 rings (SSSR count). The molecular weight excluding hydrogens is 160 g/mol. The standard InChI is InChI=1S/C11H16N2/c1-12-8-5-9-13(2)11-7-4-3-6-10(11)12/h3-4,6-7H,5,8-9H2,1-2H3. The summed E-state index contributed by atoms with van der Waals surface area (Å²) in [6.07, 6.45) is 1.24. The molecule has 2 heteroatoms. The fraction of sp³-hybridized carbons (Fsp3) is 0.455. The van der Waals surface area contributed by atoms with E-state index in [0.717, 1.165) is 13.1 Å². The Morgan fingerprint density at radius 1 is 0.923 bits per heavy atom. The van der Waals surface area contributed by atoms with Crippen LogP contribution in [0.2, 0.25) is 0 Å². The van der Waals surface area contributed by atoms with Gasteiger partial charge in [-0.1, -0.05) is 12.1 Å². The van der Waals surface area contributed by atoms with Gasteiger partial charge in [0.25, 0.3) is 0 Å². The molecular formula is C11H16N2. The number of nitrogens with zero attached hydrogens (tertiary/aromatic N) is 2. The van der Waals surface area contributed by atoms with Gasteiger partial charge >= 0.3 is 0 Å². The zero-order chi connectivity index (χ0) is 9.26. The second-order valence-corrected chi connectivity index (χ2v) is 3.69. The van der Waals surface area contributed by atoms with E-state index >= 15 is 0 Å². The van der Waals surface area contributed by atoms with Crippen molar-refractivity contribution in [2.75, 3.05) is 37.0 Å². The van der Waals surface area contributed by atoms with Crippen LogP contribution in [-0.2, 0) is 0 Å². The van der Waals surface area contributed by atoms with Gasteiger partial charge in [0.1, 0.15) is 0 Å². The predicted octanol–water partition coefficient (Wildman–Crippen LogP) is 1.96. The van der Waals surface area contributed by atoms with E-state index in [-0.39, 0.29) is 0 Å². The zero-order valence-electron chi connectivity index (χ0n) is 8.33. The maximum atomic E-state index is 2.33. The first-order chi connectivity index (χ1) is 6.29. The lowest BCUT2D eigenvalue weighted by Gasteiger charge is -2.21. The zero-order valence-corrected chi connectivity index (χ0v) is 8.33. The van der Waals surface area contributed by atoms with Gasteiger partial charge in [0.15, 0.2) is 0 Å². The van der Waals surface area contributed by atoms with Crippen LogP contribution in [0.3, 0.4) is 0 Å². The van der Waals surface area contributed by atoms with Crippen LogP contribution in [0.25, 0.3) is 0 Å². The summed E-state index contributed by atoms with van der Waals surface area (Å²) in [5.41, 5.74) is 2.70. The van der Waals surface area contributed by atoms with E-state index in [1.165, 1.54) is 17.8 Å². The Kier molecular flexibility index (Phi) is 2.13. The first-order valence-electron chi connectivity index (χ1n) is 4.80. The van der Waals surface area contributed by atoms with Gasteiger partial charge in [-0.3, -0.25) is 0 Å². The van der Waals surface area contributed by atoms with Gasteiger partial charge in [-0.15, -0.1) is 0 Å². The number of rotatable bonds is 0. The maximum absolute atomic E-state index is 2.33. The number of hydrogen-bond donors (Lipinski definition) is 0. The van der Waals surface area contributed by atoms with Crippen LogP contribution in [0.4, 0.5) is 11.4 Å². The lowest BCUT2D eigenvalue weighted by Crippen LogP contribution is -2.17. The monoisotopic (exact) mass is 176 g/mol. The Bertz CT molecular complexity index is 267. The van der Waals surface area contributed by atoms with Gasteiger partial charge in [0.2, 0.25) is 0 Å². The Hall–Kier alpha value is -1.18. The molecule has 0 aliphatic carbocycles. The molecule has 2 nitrogen and oxygen atoms in total. The summed E-state index contributed by atoms with van der Waals surface area (Å²) in [6, 6.07) is 8.59. The van der Waals surface area contributed by atoms with Gasteiger partial charge in [-0.2, -0.15) is 0 Å². The summed E-state index contributed by atoms with van der Waals surface area (Å²) in [6.45, 7) is 2.31. The molecule has 0 aromatic heterocycles. The van der Waals surface area contributed by atoms with Crippen molar-refractivity contribution in [3.8, 4) is 0 Å². The molecule has 0 N–H and O–H groups in total. The summed E-state index contributed by atoms with van der Waals surface area (Å²) in [7, 11) is 4.33. The molecule has 0 amide bonds. The average molecular weight is 176 g/mol. The molecule has 0 unspecified atom stereocenters. The molecule has 1 aromatic carbocycles. The number of fused-ring (bicyclic) bond motifs is 1. The van der Waals surface area contributed by atoms with E-state index in [9.17, 15) is 0 Å². The van der Waals surface area contributed by atoms with Gasteiger partial charge in [-0.25, -0.2) is 0 Å².